The van der Waals surface area contributed by atoms with Crippen LogP contribution in [0.15, 0.2) is 42.9 Å². The highest BCUT2D eigenvalue weighted by Gasteiger charge is 2.35. The van der Waals surface area contributed by atoms with E-state index in [1.807, 2.05) is 0 Å². The molecule has 1 fully saturated rings. The van der Waals surface area contributed by atoms with E-state index in [1.54, 1.807) is 35.2 Å². The van der Waals surface area contributed by atoms with Gasteiger partial charge in [0.05, 0.1) is 63.5 Å². The first-order chi connectivity index (χ1) is 40.3. The maximum Gasteiger partial charge on any atom is 0.328 e. The monoisotopic (exact) mass is 1200 g/mol. The largest absolute Gasteiger partial charge is 0.481 e. The summed E-state index contributed by atoms with van der Waals surface area (Å²) in [5, 5.41) is 87.2. The van der Waals surface area contributed by atoms with Gasteiger partial charge in [0.25, 0.3) is 0 Å². The van der Waals surface area contributed by atoms with Crippen molar-refractivity contribution in [3.05, 3.63) is 54.1 Å². The predicted molar refractivity (Wildman–Crippen MR) is 294 cm³/mol. The topological polar surface area (TPSA) is 474 Å². The molecule has 470 valence electrons. The Labute approximate surface area is 488 Å². The number of aromatic amines is 1. The number of carbonyl (C=O) groups is 13. The van der Waals surface area contributed by atoms with Crippen LogP contribution in [0.25, 0.3) is 0 Å². The van der Waals surface area contributed by atoms with Gasteiger partial charge in [0.15, 0.2) is 11.6 Å². The van der Waals surface area contributed by atoms with E-state index in [9.17, 15) is 103 Å². The van der Waals surface area contributed by atoms with Crippen LogP contribution in [0.2, 0.25) is 0 Å². The van der Waals surface area contributed by atoms with E-state index in [1.165, 1.54) is 34.1 Å². The molecule has 0 radical (unpaired) electrons. The first kappa shape index (κ1) is 71.2. The zero-order valence-electron chi connectivity index (χ0n) is 47.2. The van der Waals surface area contributed by atoms with Gasteiger partial charge in [0, 0.05) is 115 Å². The number of nitrogens with one attached hydrogen (secondary N) is 5. The zero-order chi connectivity index (χ0) is 63.2. The number of imidazole rings is 1. The molecular formula is C54H78N10O21. The molecule has 0 aliphatic carbocycles. The quantitative estimate of drug-likeness (QED) is 0.0291. The van der Waals surface area contributed by atoms with E-state index >= 15 is 0 Å². The fourth-order valence-corrected chi connectivity index (χ4v) is 9.37. The number of rotatable bonds is 38. The van der Waals surface area contributed by atoms with Crippen LogP contribution in [0, 0.1) is 17.8 Å². The number of H-pyrrole nitrogens is 1. The third-order valence-corrected chi connectivity index (χ3v) is 14.0. The molecule has 1 saturated heterocycles. The number of carbonyl (C=O) groups excluding carboxylic acids is 7. The maximum atomic E-state index is 13.9. The summed E-state index contributed by atoms with van der Waals surface area (Å²) in [6.07, 6.45) is -0.955. The van der Waals surface area contributed by atoms with Crippen LogP contribution in [-0.4, -0.2) is 263 Å². The van der Waals surface area contributed by atoms with Crippen molar-refractivity contribution in [2.45, 2.75) is 95.3 Å². The highest BCUT2D eigenvalue weighted by atomic mass is 16.4. The Morgan fingerprint density at radius 3 is 1.55 bits per heavy atom. The molecule has 2 aromatic rings. The second kappa shape index (κ2) is 37.3. The number of aromatic nitrogens is 2. The number of hydrogen-bond donors (Lipinski definition) is 13. The molecule has 85 heavy (non-hydrogen) atoms. The maximum absolute atomic E-state index is 13.9. The Morgan fingerprint density at radius 1 is 0.565 bits per heavy atom. The zero-order valence-corrected chi connectivity index (χ0v) is 47.2. The fraction of sp³-hybridized carbons (Fsp3) is 0.593. The van der Waals surface area contributed by atoms with Crippen molar-refractivity contribution >= 4 is 76.8 Å². The van der Waals surface area contributed by atoms with Crippen molar-refractivity contribution in [2.75, 3.05) is 91.8 Å². The van der Waals surface area contributed by atoms with E-state index in [0.717, 1.165) is 0 Å². The summed E-state index contributed by atoms with van der Waals surface area (Å²) in [5.74, 6) is -17.3. The Bertz CT molecular complexity index is 2560. The van der Waals surface area contributed by atoms with E-state index in [0.29, 0.717) is 11.3 Å². The number of carboxylic acid groups (broad SMARTS) is 6. The average molecular weight is 1200 g/mol. The number of nitrogens with zero attached hydrogens (tertiary/aromatic N) is 5. The van der Waals surface area contributed by atoms with Crippen molar-refractivity contribution in [2.24, 2.45) is 17.8 Å². The van der Waals surface area contributed by atoms with Gasteiger partial charge >= 0.3 is 35.8 Å². The number of aliphatic hydroxyl groups excluding tert-OH is 2. The number of amides is 4. The standard InChI is InChI=1S/C54H78N10O21/c1-33(43(68)23-36(21-38-26-55-32-57-38)52(81)59-40(30-65)44(69)24-35(20-34-6-3-2-4-7-34)51(80)60-41(31-66)53(82)83)58-50(79)37(25-46(71)72)22-39(67)8-5-11-56-45(70)10-9-42(54(84)85)64-18-16-62(28-48(75)76)14-12-61(27-47(73)74)13-15-63(17-19-64)29-49(77)78/h2-4,6-7,26,32-33,35-37,40-42,65-66H,5,8-25,27-31H2,1H3,(H,55,57)(H,56,70)(H,58,79)(H,59,81)(H,60,80)(H,71,72)(H,73,74)(H,75,76)(H,77,78)(H,82,83)(H,84,85)/t33-,35+,36+,37-,40-,41-,42?/m0/s1. The smallest absolute Gasteiger partial charge is 0.328 e. The third-order valence-electron chi connectivity index (χ3n) is 14.0. The lowest BCUT2D eigenvalue weighted by Crippen LogP contribution is -2.52. The van der Waals surface area contributed by atoms with Gasteiger partial charge in [-0.2, -0.15) is 0 Å². The molecule has 7 atom stereocenters. The number of Topliss-reactive ketones (excluding diaryl/α,β-unsaturated/α-hetero) is 3. The number of aliphatic hydroxyl groups is 2. The van der Waals surface area contributed by atoms with Crippen LogP contribution < -0.4 is 21.3 Å². The number of carboxylic acids is 6. The average Bonchev–Trinajstić information content (AvgIpc) is 4.17. The summed E-state index contributed by atoms with van der Waals surface area (Å²) in [4.78, 5) is 178. The summed E-state index contributed by atoms with van der Waals surface area (Å²) in [6, 6.07) is 2.40. The number of hydrogen-bond acceptors (Lipinski definition) is 20. The molecule has 0 saturated carbocycles. The van der Waals surface area contributed by atoms with Gasteiger partial charge in [-0.15, -0.1) is 0 Å². The van der Waals surface area contributed by atoms with Crippen molar-refractivity contribution in [1.29, 1.82) is 0 Å². The minimum atomic E-state index is -1.69. The van der Waals surface area contributed by atoms with Crippen molar-refractivity contribution in [3.8, 4) is 0 Å². The molecule has 4 amide bonds. The molecule has 2 heterocycles. The van der Waals surface area contributed by atoms with E-state index < -0.39 is 171 Å². The molecular weight excluding hydrogens is 1120 g/mol. The summed E-state index contributed by atoms with van der Waals surface area (Å²) < 4.78 is 0. The van der Waals surface area contributed by atoms with Crippen LogP contribution in [0.4, 0.5) is 0 Å². The predicted octanol–water partition coefficient (Wildman–Crippen LogP) is -3.46. The van der Waals surface area contributed by atoms with Crippen LogP contribution in [-0.2, 0) is 75.2 Å². The third kappa shape index (κ3) is 27.4. The van der Waals surface area contributed by atoms with Gasteiger partial charge in [0.2, 0.25) is 23.6 Å². The second-order valence-corrected chi connectivity index (χ2v) is 20.7. The molecule has 0 bridgehead atoms. The molecule has 1 aromatic heterocycles. The Kier molecular flexibility index (Phi) is 31.2. The summed E-state index contributed by atoms with van der Waals surface area (Å²) in [7, 11) is 0. The van der Waals surface area contributed by atoms with Crippen molar-refractivity contribution < 1.29 is 103 Å². The van der Waals surface area contributed by atoms with E-state index in [4.69, 9.17) is 0 Å². The van der Waals surface area contributed by atoms with Gasteiger partial charge in [-0.1, -0.05) is 30.3 Å². The first-order valence-corrected chi connectivity index (χ1v) is 27.5. The van der Waals surface area contributed by atoms with Crippen LogP contribution in [0.1, 0.15) is 69.5 Å². The van der Waals surface area contributed by atoms with Crippen LogP contribution >= 0.6 is 0 Å². The normalized spacial score (nSPS) is 16.5. The second-order valence-electron chi connectivity index (χ2n) is 20.7. The molecule has 31 heteroatoms. The molecule has 1 aliphatic heterocycles. The molecule has 1 aromatic carbocycles. The Balaban J connectivity index is 1.61. The SMILES string of the molecule is C[C@H](NC(=O)[C@H](CC(=O)O)CC(=O)CCCNC(=O)CCC(C(=O)O)N1CCN(CC(=O)O)CCN(CC(=O)O)CCN(CC(=O)O)CC1)C(=O)C[C@@H](Cc1cnc[nH]1)C(=O)N[C@@H](CO)C(=O)C[C@@H](Cc1ccccc1)C(=O)N[C@@H](CO)C(=O)O. The molecule has 1 aliphatic rings. The molecule has 31 nitrogen and oxygen atoms in total. The Hall–Kier alpha value is -8.10. The van der Waals surface area contributed by atoms with Gasteiger partial charge in [-0.05, 0) is 31.7 Å². The number of aliphatic carboxylic acids is 6. The van der Waals surface area contributed by atoms with E-state index in [-0.39, 0.29) is 104 Å². The molecule has 1 unspecified atom stereocenters. The van der Waals surface area contributed by atoms with Crippen molar-refractivity contribution in [1.82, 2.24) is 50.8 Å². The lowest BCUT2D eigenvalue weighted by atomic mass is 9.90. The van der Waals surface area contributed by atoms with Gasteiger partial charge < -0.3 is 67.1 Å². The Morgan fingerprint density at radius 2 is 1.07 bits per heavy atom. The summed E-state index contributed by atoms with van der Waals surface area (Å²) in [6.45, 7) is -1.46. The minimum Gasteiger partial charge on any atom is -0.481 e. The highest BCUT2D eigenvalue weighted by Crippen LogP contribution is 2.19. The minimum absolute atomic E-state index is 0.00807. The lowest BCUT2D eigenvalue weighted by Gasteiger charge is -2.35. The van der Waals surface area contributed by atoms with Crippen molar-refractivity contribution in [3.63, 3.8) is 0 Å². The van der Waals surface area contributed by atoms with Gasteiger partial charge in [-0.25, -0.2) is 9.78 Å². The molecule has 3 rings (SSSR count). The summed E-state index contributed by atoms with van der Waals surface area (Å²) in [5.41, 5.74) is 0.956. The van der Waals surface area contributed by atoms with Crippen LogP contribution in [0.3, 0.4) is 0 Å². The number of benzene rings is 1. The number of ketones is 3. The van der Waals surface area contributed by atoms with E-state index in [2.05, 4.69) is 31.2 Å². The highest BCUT2D eigenvalue weighted by molar-refractivity contribution is 5.97. The first-order valence-electron chi connectivity index (χ1n) is 27.5. The van der Waals surface area contributed by atoms with Crippen LogP contribution in [0.5, 0.6) is 0 Å². The fourth-order valence-electron chi connectivity index (χ4n) is 9.37. The van der Waals surface area contributed by atoms with Gasteiger partial charge in [0.1, 0.15) is 23.9 Å². The summed E-state index contributed by atoms with van der Waals surface area (Å²) >= 11 is 0. The van der Waals surface area contributed by atoms with Gasteiger partial charge in [-0.3, -0.25) is 77.1 Å². The molecule has 13 N–H and O–H groups in total. The molecule has 0 spiro atoms. The lowest BCUT2D eigenvalue weighted by molar-refractivity contribution is -0.145.